The molecule has 0 spiro atoms. The van der Waals surface area contributed by atoms with Crippen molar-refractivity contribution in [1.82, 2.24) is 14.9 Å². The summed E-state index contributed by atoms with van der Waals surface area (Å²) in [5.74, 6) is 0. The molecule has 2 aromatic heterocycles. The molecule has 1 aliphatic rings. The summed E-state index contributed by atoms with van der Waals surface area (Å²) in [6, 6.07) is 14.7. The zero-order valence-corrected chi connectivity index (χ0v) is 18.8. The number of halogens is 1. The Morgan fingerprint density at radius 2 is 1.89 bits per heavy atom. The molecule has 0 bridgehead atoms. The van der Waals surface area contributed by atoms with Crippen LogP contribution in [-0.4, -0.2) is 14.7 Å². The van der Waals surface area contributed by atoms with Crippen molar-refractivity contribution >= 4 is 38.9 Å². The number of aryl methyl sites for hydroxylation is 2. The number of nitrogens with one attached hydrogen (secondary N) is 1. The first-order valence-corrected chi connectivity index (χ1v) is 10.5. The number of hydrogen-bond acceptors (Lipinski definition) is 2. The normalized spacial score (nSPS) is 19.2. The topological polar surface area (TPSA) is 33.1 Å². The van der Waals surface area contributed by atoms with E-state index in [1.165, 1.54) is 22.5 Å². The van der Waals surface area contributed by atoms with Crippen molar-refractivity contribution < 1.29 is 0 Å². The van der Waals surface area contributed by atoms with Gasteiger partial charge in [-0.25, -0.2) is 0 Å². The van der Waals surface area contributed by atoms with Gasteiger partial charge in [-0.1, -0.05) is 22.0 Å². The highest BCUT2D eigenvalue weighted by molar-refractivity contribution is 9.10. The third-order valence-electron chi connectivity index (χ3n) is 5.65. The van der Waals surface area contributed by atoms with E-state index in [1.54, 1.807) is 0 Å². The van der Waals surface area contributed by atoms with E-state index in [0.717, 1.165) is 21.0 Å². The molecule has 0 aliphatic carbocycles. The summed E-state index contributed by atoms with van der Waals surface area (Å²) < 4.78 is 3.33. The predicted octanol–water partition coefficient (Wildman–Crippen LogP) is 5.28. The second-order valence-electron chi connectivity index (χ2n) is 7.32. The van der Waals surface area contributed by atoms with Crippen LogP contribution in [0.3, 0.4) is 0 Å². The van der Waals surface area contributed by atoms with Gasteiger partial charge < -0.3 is 14.8 Å². The van der Waals surface area contributed by atoms with E-state index in [9.17, 15) is 0 Å². The van der Waals surface area contributed by atoms with Gasteiger partial charge in [0, 0.05) is 34.8 Å². The van der Waals surface area contributed by atoms with Crippen molar-refractivity contribution in [2.24, 2.45) is 7.05 Å². The highest BCUT2D eigenvalue weighted by Gasteiger charge is 2.42. The van der Waals surface area contributed by atoms with E-state index in [2.05, 4.69) is 93.8 Å². The number of aromatic nitrogens is 2. The molecule has 144 valence electrons. The summed E-state index contributed by atoms with van der Waals surface area (Å²) >= 11 is 9.41. The van der Waals surface area contributed by atoms with Crippen molar-refractivity contribution in [1.29, 1.82) is 0 Å². The molecule has 6 heteroatoms. The summed E-state index contributed by atoms with van der Waals surface area (Å²) in [5, 5.41) is 4.26. The van der Waals surface area contributed by atoms with Crippen LogP contribution in [0.25, 0.3) is 0 Å². The molecule has 2 atom stereocenters. The Balaban J connectivity index is 1.89. The van der Waals surface area contributed by atoms with E-state index in [-0.39, 0.29) is 12.1 Å². The van der Waals surface area contributed by atoms with E-state index in [1.807, 2.05) is 18.3 Å². The fraction of sp³-hybridized carbons (Fsp3) is 0.273. The van der Waals surface area contributed by atoms with Gasteiger partial charge in [0.15, 0.2) is 5.11 Å². The highest BCUT2D eigenvalue weighted by Crippen LogP contribution is 2.43. The first-order valence-electron chi connectivity index (χ1n) is 9.28. The Hall–Kier alpha value is -2.18. The van der Waals surface area contributed by atoms with Crippen LogP contribution in [0.5, 0.6) is 0 Å². The number of thiocarbonyl (C=S) groups is 1. The van der Waals surface area contributed by atoms with E-state index in [0.29, 0.717) is 0 Å². The average molecular weight is 455 g/mol. The van der Waals surface area contributed by atoms with Crippen LogP contribution in [0.1, 0.15) is 40.3 Å². The number of hydrogen-bond donors (Lipinski definition) is 1. The van der Waals surface area contributed by atoms with Crippen LogP contribution in [0.15, 0.2) is 53.1 Å². The van der Waals surface area contributed by atoms with Gasteiger partial charge in [-0.3, -0.25) is 4.98 Å². The minimum atomic E-state index is -0.0156. The van der Waals surface area contributed by atoms with Crippen molar-refractivity contribution in [3.63, 3.8) is 0 Å². The standard InChI is InChI=1S/C22H23BrN4S/c1-13-11-16(8-9-18(13)23)27-21(17-12-14(2)26(4)15(17)3)20(25-22(27)28)19-7-5-6-10-24-19/h5-12,20-21H,1-4H3,(H,25,28)/t20-,21+/m0/s1. The molecule has 4 nitrogen and oxygen atoms in total. The molecule has 1 saturated heterocycles. The Morgan fingerprint density at radius 1 is 1.11 bits per heavy atom. The Bertz CT molecular complexity index is 1040. The Morgan fingerprint density at radius 3 is 2.50 bits per heavy atom. The van der Waals surface area contributed by atoms with Gasteiger partial charge in [0.2, 0.25) is 0 Å². The second-order valence-corrected chi connectivity index (χ2v) is 8.56. The van der Waals surface area contributed by atoms with Gasteiger partial charge in [-0.05, 0) is 80.5 Å². The van der Waals surface area contributed by atoms with Crippen LogP contribution < -0.4 is 10.2 Å². The molecule has 1 fully saturated rings. The fourth-order valence-electron chi connectivity index (χ4n) is 3.91. The fourth-order valence-corrected chi connectivity index (χ4v) is 4.50. The lowest BCUT2D eigenvalue weighted by molar-refractivity contribution is 0.564. The first kappa shape index (κ1) is 19.2. The number of rotatable bonds is 3. The molecule has 3 aromatic rings. The molecule has 3 heterocycles. The SMILES string of the molecule is Cc1cc(N2C(=S)N[C@@H](c3ccccn3)[C@H]2c2cc(C)n(C)c2C)ccc1Br. The van der Waals surface area contributed by atoms with Crippen molar-refractivity contribution in [2.75, 3.05) is 4.90 Å². The highest BCUT2D eigenvalue weighted by atomic mass is 79.9. The molecule has 0 saturated carbocycles. The minimum absolute atomic E-state index is 0.0156. The average Bonchev–Trinajstić information content (AvgIpc) is 3.16. The lowest BCUT2D eigenvalue weighted by Crippen LogP contribution is -2.29. The smallest absolute Gasteiger partial charge is 0.174 e. The third kappa shape index (κ3) is 3.14. The third-order valence-corrected chi connectivity index (χ3v) is 6.86. The summed E-state index contributed by atoms with van der Waals surface area (Å²) in [5.41, 5.74) is 7.00. The summed E-state index contributed by atoms with van der Waals surface area (Å²) in [6.45, 7) is 6.41. The van der Waals surface area contributed by atoms with E-state index in [4.69, 9.17) is 12.2 Å². The van der Waals surface area contributed by atoms with Gasteiger partial charge in [-0.15, -0.1) is 0 Å². The van der Waals surface area contributed by atoms with Gasteiger partial charge >= 0.3 is 0 Å². The molecule has 1 aromatic carbocycles. The van der Waals surface area contributed by atoms with Gasteiger partial charge in [0.1, 0.15) is 0 Å². The van der Waals surface area contributed by atoms with Crippen LogP contribution in [0, 0.1) is 20.8 Å². The molecular weight excluding hydrogens is 432 g/mol. The maximum Gasteiger partial charge on any atom is 0.174 e. The van der Waals surface area contributed by atoms with Crippen LogP contribution in [0.4, 0.5) is 5.69 Å². The van der Waals surface area contributed by atoms with Crippen LogP contribution in [0.2, 0.25) is 0 Å². The lowest BCUT2D eigenvalue weighted by Gasteiger charge is -2.28. The minimum Gasteiger partial charge on any atom is -0.352 e. The number of anilines is 1. The molecule has 0 radical (unpaired) electrons. The zero-order valence-electron chi connectivity index (χ0n) is 16.4. The lowest BCUT2D eigenvalue weighted by atomic mass is 9.96. The van der Waals surface area contributed by atoms with Crippen molar-refractivity contribution in [3.05, 3.63) is 81.3 Å². The Kier molecular flexibility index (Phi) is 5.02. The van der Waals surface area contributed by atoms with Crippen molar-refractivity contribution in [3.8, 4) is 0 Å². The molecule has 1 N–H and O–H groups in total. The van der Waals surface area contributed by atoms with Crippen LogP contribution in [-0.2, 0) is 7.05 Å². The molecule has 0 unspecified atom stereocenters. The summed E-state index contributed by atoms with van der Waals surface area (Å²) in [6.07, 6.45) is 1.84. The zero-order chi connectivity index (χ0) is 20.0. The monoisotopic (exact) mass is 454 g/mol. The van der Waals surface area contributed by atoms with Gasteiger partial charge in [0.05, 0.1) is 17.8 Å². The summed E-state index contributed by atoms with van der Waals surface area (Å²) in [7, 11) is 2.11. The van der Waals surface area contributed by atoms with E-state index >= 15 is 0 Å². The van der Waals surface area contributed by atoms with Gasteiger partial charge in [0.25, 0.3) is 0 Å². The number of benzene rings is 1. The number of pyridine rings is 1. The van der Waals surface area contributed by atoms with Crippen molar-refractivity contribution in [2.45, 2.75) is 32.9 Å². The molecule has 28 heavy (non-hydrogen) atoms. The quantitative estimate of drug-likeness (QED) is 0.545. The van der Waals surface area contributed by atoms with E-state index < -0.39 is 0 Å². The molecule has 0 amide bonds. The first-order chi connectivity index (χ1) is 13.4. The number of nitrogens with zero attached hydrogens (tertiary/aromatic N) is 3. The molecule has 1 aliphatic heterocycles. The summed E-state index contributed by atoms with van der Waals surface area (Å²) in [4.78, 5) is 6.86. The van der Waals surface area contributed by atoms with Gasteiger partial charge in [-0.2, -0.15) is 0 Å². The largest absolute Gasteiger partial charge is 0.352 e. The van der Waals surface area contributed by atoms with Crippen LogP contribution >= 0.6 is 28.1 Å². The maximum atomic E-state index is 5.80. The molecule has 4 rings (SSSR count). The predicted molar refractivity (Wildman–Crippen MR) is 122 cm³/mol. The molecular formula is C22H23BrN4S. The maximum absolute atomic E-state index is 5.80. The second kappa shape index (κ2) is 7.33. The Labute approximate surface area is 179 Å².